The lowest BCUT2D eigenvalue weighted by molar-refractivity contribution is -0.138. The van der Waals surface area contributed by atoms with Crippen LogP contribution in [0.1, 0.15) is 36.3 Å². The van der Waals surface area contributed by atoms with Gasteiger partial charge in [-0.2, -0.15) is 13.2 Å². The molecule has 1 aliphatic carbocycles. The highest BCUT2D eigenvalue weighted by molar-refractivity contribution is 9.10. The summed E-state index contributed by atoms with van der Waals surface area (Å²) in [6.45, 7) is 0. The second-order valence-corrected chi connectivity index (χ2v) is 5.97. The number of rotatable bonds is 5. The number of aliphatic carboxylic acids is 1. The van der Waals surface area contributed by atoms with Gasteiger partial charge in [-0.25, -0.2) is 0 Å². The van der Waals surface area contributed by atoms with Crippen molar-refractivity contribution in [2.75, 3.05) is 7.11 Å². The number of carbonyl (C=O) groups is 1. The van der Waals surface area contributed by atoms with Crippen molar-refractivity contribution in [1.29, 1.82) is 0 Å². The molecule has 1 N–H and O–H groups in total. The largest absolute Gasteiger partial charge is 0.495 e. The zero-order valence-electron chi connectivity index (χ0n) is 11.2. The number of methoxy groups -OCH3 is 1. The second-order valence-electron chi connectivity index (χ2n) is 5.12. The van der Waals surface area contributed by atoms with E-state index in [2.05, 4.69) is 15.9 Å². The molecule has 0 spiro atoms. The topological polar surface area (TPSA) is 46.5 Å². The Balaban J connectivity index is 2.52. The molecule has 3 nitrogen and oxygen atoms in total. The lowest BCUT2D eigenvalue weighted by Crippen LogP contribution is -2.13. The number of ether oxygens (including phenoxy) is 1. The standard InChI is InChI=1S/C14H14BrF3O3/c1-21-13-10(9(6-12(19)20)7-2-3-7)4-8(5-11(13)15)14(16,17)18/h4-5,7,9H,2-3,6H2,1H3,(H,19,20). The summed E-state index contributed by atoms with van der Waals surface area (Å²) in [5.41, 5.74) is -0.495. The van der Waals surface area contributed by atoms with E-state index in [4.69, 9.17) is 9.84 Å². The Hall–Kier alpha value is -1.24. The Morgan fingerprint density at radius 3 is 2.52 bits per heavy atom. The number of benzene rings is 1. The first kappa shape index (κ1) is 16.1. The summed E-state index contributed by atoms with van der Waals surface area (Å²) in [4.78, 5) is 11.0. The highest BCUT2D eigenvalue weighted by atomic mass is 79.9. The highest BCUT2D eigenvalue weighted by Gasteiger charge is 2.38. The number of alkyl halides is 3. The van der Waals surface area contributed by atoms with Gasteiger partial charge in [0.05, 0.1) is 23.6 Å². The van der Waals surface area contributed by atoms with Crippen molar-refractivity contribution in [2.24, 2.45) is 5.92 Å². The third kappa shape index (κ3) is 3.70. The van der Waals surface area contributed by atoms with Crippen LogP contribution in [0.5, 0.6) is 5.75 Å². The molecule has 0 bridgehead atoms. The van der Waals surface area contributed by atoms with Crippen molar-refractivity contribution < 1.29 is 27.8 Å². The summed E-state index contributed by atoms with van der Waals surface area (Å²) in [5.74, 6) is -1.11. The van der Waals surface area contributed by atoms with Crippen LogP contribution in [-0.4, -0.2) is 18.2 Å². The van der Waals surface area contributed by atoms with Crippen molar-refractivity contribution >= 4 is 21.9 Å². The van der Waals surface area contributed by atoms with Crippen LogP contribution in [0.2, 0.25) is 0 Å². The van der Waals surface area contributed by atoms with Gasteiger partial charge in [-0.1, -0.05) is 0 Å². The number of halogens is 4. The average molecular weight is 367 g/mol. The van der Waals surface area contributed by atoms with Gasteiger partial charge in [0.25, 0.3) is 0 Å². The number of carboxylic acids is 1. The molecule has 0 aromatic heterocycles. The fourth-order valence-corrected chi connectivity index (χ4v) is 3.12. The molecule has 0 amide bonds. The van der Waals surface area contributed by atoms with Crippen molar-refractivity contribution in [3.05, 3.63) is 27.7 Å². The minimum atomic E-state index is -4.49. The fourth-order valence-electron chi connectivity index (χ4n) is 2.49. The minimum absolute atomic E-state index is 0.102. The summed E-state index contributed by atoms with van der Waals surface area (Å²) in [6, 6.07) is 1.96. The molecule has 0 saturated heterocycles. The van der Waals surface area contributed by atoms with Gasteiger partial charge in [-0.15, -0.1) is 0 Å². The summed E-state index contributed by atoms with van der Waals surface area (Å²) in [5, 5.41) is 9.01. The van der Waals surface area contributed by atoms with Crippen molar-refractivity contribution in [2.45, 2.75) is 31.4 Å². The summed E-state index contributed by atoms with van der Waals surface area (Å²) in [6.07, 6.45) is -3.03. The molecule has 1 saturated carbocycles. The first-order valence-corrected chi connectivity index (χ1v) is 7.19. The minimum Gasteiger partial charge on any atom is -0.495 e. The molecule has 1 aromatic carbocycles. The van der Waals surface area contributed by atoms with Gasteiger partial charge in [0, 0.05) is 5.92 Å². The predicted octanol–water partition coefficient (Wildman–Crippen LogP) is 4.44. The zero-order chi connectivity index (χ0) is 15.8. The van der Waals surface area contributed by atoms with E-state index in [0.29, 0.717) is 5.56 Å². The third-order valence-corrected chi connectivity index (χ3v) is 4.18. The van der Waals surface area contributed by atoms with E-state index in [0.717, 1.165) is 25.0 Å². The SMILES string of the molecule is COc1c(Br)cc(C(F)(F)F)cc1C(CC(=O)O)C1CC1. The maximum absolute atomic E-state index is 12.9. The van der Waals surface area contributed by atoms with E-state index in [9.17, 15) is 18.0 Å². The van der Waals surface area contributed by atoms with Crippen LogP contribution in [0.4, 0.5) is 13.2 Å². The Morgan fingerprint density at radius 1 is 1.48 bits per heavy atom. The quantitative estimate of drug-likeness (QED) is 0.837. The maximum atomic E-state index is 12.9. The Kier molecular flexibility index (Phi) is 4.51. The Bertz CT molecular complexity index is 553. The van der Waals surface area contributed by atoms with E-state index < -0.39 is 23.6 Å². The molecule has 0 radical (unpaired) electrons. The van der Waals surface area contributed by atoms with Gasteiger partial charge in [0.1, 0.15) is 5.75 Å². The fraction of sp³-hybridized carbons (Fsp3) is 0.500. The summed E-state index contributed by atoms with van der Waals surface area (Å²) < 4.78 is 44.2. The first-order valence-electron chi connectivity index (χ1n) is 6.40. The van der Waals surface area contributed by atoms with E-state index in [1.54, 1.807) is 0 Å². The lowest BCUT2D eigenvalue weighted by Gasteiger charge is -2.21. The van der Waals surface area contributed by atoms with Gasteiger partial charge < -0.3 is 9.84 Å². The molecule has 2 rings (SSSR count). The molecule has 21 heavy (non-hydrogen) atoms. The van der Waals surface area contributed by atoms with Crippen LogP contribution in [0.3, 0.4) is 0 Å². The summed E-state index contributed by atoms with van der Waals surface area (Å²) >= 11 is 3.08. The van der Waals surface area contributed by atoms with Crippen LogP contribution in [0.15, 0.2) is 16.6 Å². The van der Waals surface area contributed by atoms with E-state index >= 15 is 0 Å². The smallest absolute Gasteiger partial charge is 0.416 e. The number of carboxylic acid groups (broad SMARTS) is 1. The Morgan fingerprint density at radius 2 is 2.10 bits per heavy atom. The van der Waals surface area contributed by atoms with Crippen LogP contribution in [0, 0.1) is 5.92 Å². The molecule has 1 atom stereocenters. The first-order chi connectivity index (χ1) is 9.74. The molecule has 0 heterocycles. The van der Waals surface area contributed by atoms with Crippen molar-refractivity contribution in [3.8, 4) is 5.75 Å². The van der Waals surface area contributed by atoms with E-state index in [1.165, 1.54) is 7.11 Å². The van der Waals surface area contributed by atoms with Gasteiger partial charge in [-0.3, -0.25) is 4.79 Å². The molecule has 116 valence electrons. The second kappa shape index (κ2) is 5.87. The normalized spacial score (nSPS) is 16.6. The van der Waals surface area contributed by atoms with Crippen LogP contribution >= 0.6 is 15.9 Å². The van der Waals surface area contributed by atoms with Crippen LogP contribution in [0.25, 0.3) is 0 Å². The zero-order valence-corrected chi connectivity index (χ0v) is 12.8. The van der Waals surface area contributed by atoms with Crippen LogP contribution in [-0.2, 0) is 11.0 Å². The molecule has 1 aromatic rings. The van der Waals surface area contributed by atoms with Crippen molar-refractivity contribution in [3.63, 3.8) is 0 Å². The monoisotopic (exact) mass is 366 g/mol. The molecule has 1 unspecified atom stereocenters. The summed E-state index contributed by atoms with van der Waals surface area (Å²) in [7, 11) is 1.36. The molecular weight excluding hydrogens is 353 g/mol. The van der Waals surface area contributed by atoms with Crippen LogP contribution < -0.4 is 4.74 Å². The maximum Gasteiger partial charge on any atom is 0.416 e. The van der Waals surface area contributed by atoms with Gasteiger partial charge >= 0.3 is 12.1 Å². The number of hydrogen-bond acceptors (Lipinski definition) is 2. The van der Waals surface area contributed by atoms with Gasteiger partial charge in [0.2, 0.25) is 0 Å². The lowest BCUT2D eigenvalue weighted by atomic mass is 9.89. The molecule has 7 heteroatoms. The van der Waals surface area contributed by atoms with Crippen molar-refractivity contribution in [1.82, 2.24) is 0 Å². The van der Waals surface area contributed by atoms with E-state index in [-0.39, 0.29) is 22.6 Å². The highest BCUT2D eigenvalue weighted by Crippen LogP contribution is 2.49. The predicted molar refractivity (Wildman–Crippen MR) is 73.4 cm³/mol. The van der Waals surface area contributed by atoms with Gasteiger partial charge in [-0.05, 0) is 52.4 Å². The van der Waals surface area contributed by atoms with Gasteiger partial charge in [0.15, 0.2) is 0 Å². The molecule has 1 fully saturated rings. The molecule has 1 aliphatic rings. The van der Waals surface area contributed by atoms with E-state index in [1.807, 2.05) is 0 Å². The average Bonchev–Trinajstić information content (AvgIpc) is 3.17. The molecule has 0 aliphatic heterocycles. The third-order valence-electron chi connectivity index (χ3n) is 3.59. The number of hydrogen-bond donors (Lipinski definition) is 1. The molecular formula is C14H14BrF3O3. The Labute approximate surface area is 128 Å².